The van der Waals surface area contributed by atoms with Gasteiger partial charge < -0.3 is 10.2 Å². The van der Waals surface area contributed by atoms with Crippen molar-refractivity contribution in [3.8, 4) is 0 Å². The van der Waals surface area contributed by atoms with E-state index < -0.39 is 0 Å². The van der Waals surface area contributed by atoms with Crippen LogP contribution in [0.15, 0.2) is 18.2 Å². The molecular weight excluding hydrogens is 252 g/mol. The van der Waals surface area contributed by atoms with E-state index >= 15 is 0 Å². The van der Waals surface area contributed by atoms with E-state index in [4.69, 9.17) is 23.8 Å². The lowest BCUT2D eigenvalue weighted by Gasteiger charge is -2.34. The van der Waals surface area contributed by atoms with Crippen molar-refractivity contribution in [2.24, 2.45) is 0 Å². The molecule has 0 spiro atoms. The number of rotatable bonds is 1. The maximum Gasteiger partial charge on any atom is 0.173 e. The summed E-state index contributed by atoms with van der Waals surface area (Å²) in [5.41, 5.74) is 2.09. The Morgan fingerprint density at radius 3 is 2.41 bits per heavy atom. The summed E-state index contributed by atoms with van der Waals surface area (Å²) in [5.74, 6) is 0. The lowest BCUT2D eigenvalue weighted by atomic mass is 10.1. The molecule has 0 aromatic heterocycles. The van der Waals surface area contributed by atoms with Gasteiger partial charge in [0, 0.05) is 23.3 Å². The summed E-state index contributed by atoms with van der Waals surface area (Å²) in [6, 6.07) is 5.72. The summed E-state index contributed by atoms with van der Waals surface area (Å²) in [6.07, 6.45) is 0. The molecule has 1 rings (SSSR count). The second-order valence-electron chi connectivity index (χ2n) is 5.12. The SMILES string of the molecule is Cc1cc(Cl)ccc1NC(=S)N(C)C(C)(C)C. The first-order valence-corrected chi connectivity index (χ1v) is 6.31. The van der Waals surface area contributed by atoms with Gasteiger partial charge in [0.25, 0.3) is 0 Å². The van der Waals surface area contributed by atoms with Crippen molar-refractivity contribution in [3.63, 3.8) is 0 Å². The van der Waals surface area contributed by atoms with Gasteiger partial charge >= 0.3 is 0 Å². The second-order valence-corrected chi connectivity index (χ2v) is 5.94. The van der Waals surface area contributed by atoms with Crippen LogP contribution in [-0.4, -0.2) is 22.6 Å². The average Bonchev–Trinajstić information content (AvgIpc) is 2.19. The van der Waals surface area contributed by atoms with E-state index in [0.29, 0.717) is 5.11 Å². The first kappa shape index (κ1) is 14.3. The van der Waals surface area contributed by atoms with Crippen LogP contribution in [0.1, 0.15) is 26.3 Å². The number of aryl methyl sites for hydroxylation is 1. The molecule has 0 unspecified atom stereocenters. The van der Waals surface area contributed by atoms with Gasteiger partial charge in [0.1, 0.15) is 0 Å². The second kappa shape index (κ2) is 5.23. The molecule has 0 radical (unpaired) electrons. The summed E-state index contributed by atoms with van der Waals surface area (Å²) in [5, 5.41) is 4.69. The maximum atomic E-state index is 5.92. The molecular formula is C13H19ClN2S. The quantitative estimate of drug-likeness (QED) is 0.775. The number of thiocarbonyl (C=S) groups is 1. The van der Waals surface area contributed by atoms with Crippen LogP contribution >= 0.6 is 23.8 Å². The smallest absolute Gasteiger partial charge is 0.173 e. The molecule has 0 saturated heterocycles. The zero-order chi connectivity index (χ0) is 13.2. The molecule has 0 fully saturated rings. The number of nitrogens with zero attached hydrogens (tertiary/aromatic N) is 1. The molecule has 0 aliphatic carbocycles. The zero-order valence-electron chi connectivity index (χ0n) is 11.0. The van der Waals surface area contributed by atoms with Crippen molar-refractivity contribution in [3.05, 3.63) is 28.8 Å². The predicted molar refractivity (Wildman–Crippen MR) is 79.9 cm³/mol. The Hall–Kier alpha value is -0.800. The minimum absolute atomic E-state index is 0.00438. The Morgan fingerprint density at radius 2 is 1.94 bits per heavy atom. The van der Waals surface area contributed by atoms with E-state index in [1.165, 1.54) is 0 Å². The molecule has 0 aliphatic heterocycles. The molecule has 2 nitrogen and oxygen atoms in total. The Morgan fingerprint density at radius 1 is 1.35 bits per heavy atom. The zero-order valence-corrected chi connectivity index (χ0v) is 12.5. The standard InChI is InChI=1S/C13H19ClN2S/c1-9-8-10(14)6-7-11(9)15-12(17)16(5)13(2,3)4/h6-8H,1-5H3,(H,15,17). The van der Waals surface area contributed by atoms with E-state index in [9.17, 15) is 0 Å². The minimum Gasteiger partial charge on any atom is -0.347 e. The largest absolute Gasteiger partial charge is 0.347 e. The van der Waals surface area contributed by atoms with Crippen molar-refractivity contribution in [1.29, 1.82) is 0 Å². The predicted octanol–water partition coefficient (Wildman–Crippen LogP) is 4.08. The molecule has 0 bridgehead atoms. The van der Waals surface area contributed by atoms with Gasteiger partial charge in [0.15, 0.2) is 5.11 Å². The average molecular weight is 271 g/mol. The number of hydrogen-bond donors (Lipinski definition) is 1. The fourth-order valence-corrected chi connectivity index (χ4v) is 1.88. The Labute approximate surface area is 114 Å². The highest BCUT2D eigenvalue weighted by atomic mass is 35.5. The van der Waals surface area contributed by atoms with Crippen LogP contribution in [-0.2, 0) is 0 Å². The van der Waals surface area contributed by atoms with Crippen LogP contribution in [0.3, 0.4) is 0 Å². The van der Waals surface area contributed by atoms with Crippen LogP contribution in [0.5, 0.6) is 0 Å². The summed E-state index contributed by atoms with van der Waals surface area (Å²) < 4.78 is 0. The van der Waals surface area contributed by atoms with E-state index in [1.807, 2.05) is 37.1 Å². The van der Waals surface area contributed by atoms with Gasteiger partial charge in [-0.3, -0.25) is 0 Å². The first-order chi connectivity index (χ1) is 7.71. The van der Waals surface area contributed by atoms with Gasteiger partial charge in [0.2, 0.25) is 0 Å². The van der Waals surface area contributed by atoms with Crippen molar-refractivity contribution >= 4 is 34.6 Å². The Kier molecular flexibility index (Phi) is 4.39. The van der Waals surface area contributed by atoms with Gasteiger partial charge in [-0.05, 0) is 63.7 Å². The molecule has 94 valence electrons. The van der Waals surface area contributed by atoms with E-state index in [1.54, 1.807) is 0 Å². The van der Waals surface area contributed by atoms with E-state index in [0.717, 1.165) is 16.3 Å². The molecule has 4 heteroatoms. The molecule has 1 N–H and O–H groups in total. The number of hydrogen-bond acceptors (Lipinski definition) is 1. The van der Waals surface area contributed by atoms with E-state index in [-0.39, 0.29) is 5.54 Å². The summed E-state index contributed by atoms with van der Waals surface area (Å²) in [4.78, 5) is 2.04. The summed E-state index contributed by atoms with van der Waals surface area (Å²) in [7, 11) is 1.99. The van der Waals surface area contributed by atoms with Crippen LogP contribution in [0, 0.1) is 6.92 Å². The third-order valence-electron chi connectivity index (χ3n) is 2.74. The minimum atomic E-state index is 0.00438. The van der Waals surface area contributed by atoms with Crippen LogP contribution in [0.2, 0.25) is 5.02 Å². The Balaban J connectivity index is 2.82. The molecule has 17 heavy (non-hydrogen) atoms. The summed E-state index contributed by atoms with van der Waals surface area (Å²) >= 11 is 11.3. The van der Waals surface area contributed by atoms with Crippen molar-refractivity contribution < 1.29 is 0 Å². The van der Waals surface area contributed by atoms with Crippen LogP contribution in [0.25, 0.3) is 0 Å². The fraction of sp³-hybridized carbons (Fsp3) is 0.462. The van der Waals surface area contributed by atoms with Crippen molar-refractivity contribution in [2.75, 3.05) is 12.4 Å². The first-order valence-electron chi connectivity index (χ1n) is 5.53. The number of benzene rings is 1. The highest BCUT2D eigenvalue weighted by Crippen LogP contribution is 2.21. The number of anilines is 1. The van der Waals surface area contributed by atoms with Gasteiger partial charge in [-0.1, -0.05) is 11.6 Å². The highest BCUT2D eigenvalue weighted by Gasteiger charge is 2.19. The van der Waals surface area contributed by atoms with Gasteiger partial charge in [-0.25, -0.2) is 0 Å². The molecule has 1 aromatic carbocycles. The molecule has 0 amide bonds. The molecule has 0 aliphatic rings. The van der Waals surface area contributed by atoms with Gasteiger partial charge in [-0.2, -0.15) is 0 Å². The van der Waals surface area contributed by atoms with E-state index in [2.05, 4.69) is 26.1 Å². The fourth-order valence-electron chi connectivity index (χ4n) is 1.27. The molecule has 0 atom stereocenters. The normalized spacial score (nSPS) is 11.2. The van der Waals surface area contributed by atoms with Crippen LogP contribution < -0.4 is 5.32 Å². The summed E-state index contributed by atoms with van der Waals surface area (Å²) in [6.45, 7) is 8.37. The lowest BCUT2D eigenvalue weighted by molar-refractivity contribution is 0.286. The van der Waals surface area contributed by atoms with Crippen molar-refractivity contribution in [1.82, 2.24) is 4.90 Å². The Bertz CT molecular complexity index is 424. The molecule has 0 heterocycles. The molecule has 0 saturated carbocycles. The lowest BCUT2D eigenvalue weighted by Crippen LogP contribution is -2.44. The van der Waals surface area contributed by atoms with Crippen LogP contribution in [0.4, 0.5) is 5.69 Å². The topological polar surface area (TPSA) is 15.3 Å². The highest BCUT2D eigenvalue weighted by molar-refractivity contribution is 7.80. The monoisotopic (exact) mass is 270 g/mol. The maximum absolute atomic E-state index is 5.92. The number of halogens is 1. The van der Waals surface area contributed by atoms with Crippen molar-refractivity contribution in [2.45, 2.75) is 33.2 Å². The third kappa shape index (κ3) is 3.86. The number of nitrogens with one attached hydrogen (secondary N) is 1. The van der Waals surface area contributed by atoms with Gasteiger partial charge in [-0.15, -0.1) is 0 Å². The van der Waals surface area contributed by atoms with Gasteiger partial charge in [0.05, 0.1) is 0 Å². The molecule has 1 aromatic rings. The third-order valence-corrected chi connectivity index (χ3v) is 3.35.